The molecule has 1 N–H and O–H groups in total. The van der Waals surface area contributed by atoms with Crippen LogP contribution in [0, 0.1) is 5.92 Å². The summed E-state index contributed by atoms with van der Waals surface area (Å²) in [6.07, 6.45) is 4.06. The SMILES string of the molecule is O=C(N/N=C1\CCCc2ccccc21)[C@H]1C[C@@H]1c1ccccc1. The molecule has 2 aromatic rings. The van der Waals surface area contributed by atoms with Gasteiger partial charge in [-0.1, -0.05) is 54.6 Å². The number of carbonyl (C=O) groups excluding carboxylic acids is 1. The van der Waals surface area contributed by atoms with E-state index in [1.54, 1.807) is 0 Å². The van der Waals surface area contributed by atoms with Crippen molar-refractivity contribution in [1.29, 1.82) is 0 Å². The number of nitrogens with zero attached hydrogens (tertiary/aromatic N) is 1. The molecule has 0 unspecified atom stereocenters. The van der Waals surface area contributed by atoms with Gasteiger partial charge in [0.15, 0.2) is 0 Å². The van der Waals surface area contributed by atoms with Crippen molar-refractivity contribution < 1.29 is 4.79 Å². The zero-order valence-electron chi connectivity index (χ0n) is 13.0. The van der Waals surface area contributed by atoms with Gasteiger partial charge in [-0.05, 0) is 42.7 Å². The Bertz CT molecular complexity index is 751. The van der Waals surface area contributed by atoms with Gasteiger partial charge in [-0.3, -0.25) is 4.79 Å². The van der Waals surface area contributed by atoms with Gasteiger partial charge in [-0.25, -0.2) is 5.43 Å². The summed E-state index contributed by atoms with van der Waals surface area (Å²) in [5.41, 5.74) is 7.59. The Kier molecular flexibility index (Phi) is 3.70. The minimum absolute atomic E-state index is 0.0504. The summed E-state index contributed by atoms with van der Waals surface area (Å²) in [5, 5.41) is 4.43. The largest absolute Gasteiger partial charge is 0.273 e. The van der Waals surface area contributed by atoms with E-state index in [0.717, 1.165) is 31.4 Å². The second-order valence-electron chi connectivity index (χ2n) is 6.40. The van der Waals surface area contributed by atoms with E-state index in [1.807, 2.05) is 24.3 Å². The Morgan fingerprint density at radius 1 is 1.00 bits per heavy atom. The average Bonchev–Trinajstić information content (AvgIpc) is 3.41. The predicted molar refractivity (Wildman–Crippen MR) is 91.3 cm³/mol. The number of hydrogen-bond acceptors (Lipinski definition) is 2. The van der Waals surface area contributed by atoms with E-state index < -0.39 is 0 Å². The van der Waals surface area contributed by atoms with Crippen molar-refractivity contribution in [2.45, 2.75) is 31.6 Å². The molecule has 3 nitrogen and oxygen atoms in total. The van der Waals surface area contributed by atoms with Crippen LogP contribution in [-0.4, -0.2) is 11.6 Å². The van der Waals surface area contributed by atoms with E-state index in [9.17, 15) is 4.79 Å². The molecule has 116 valence electrons. The normalized spacial score (nSPS) is 24.1. The smallest absolute Gasteiger partial charge is 0.243 e. The Labute approximate surface area is 136 Å². The van der Waals surface area contributed by atoms with Crippen molar-refractivity contribution in [3.8, 4) is 0 Å². The Morgan fingerprint density at radius 3 is 2.65 bits per heavy atom. The van der Waals surface area contributed by atoms with Crippen LogP contribution < -0.4 is 5.43 Å². The van der Waals surface area contributed by atoms with Gasteiger partial charge in [0.2, 0.25) is 5.91 Å². The van der Waals surface area contributed by atoms with Gasteiger partial charge in [-0.2, -0.15) is 5.10 Å². The number of amides is 1. The van der Waals surface area contributed by atoms with Crippen LogP contribution in [0.4, 0.5) is 0 Å². The number of hydrazone groups is 1. The number of rotatable bonds is 3. The van der Waals surface area contributed by atoms with E-state index in [-0.39, 0.29) is 11.8 Å². The van der Waals surface area contributed by atoms with Crippen LogP contribution in [0.3, 0.4) is 0 Å². The number of hydrogen-bond donors (Lipinski definition) is 1. The highest BCUT2D eigenvalue weighted by molar-refractivity contribution is 6.03. The molecule has 23 heavy (non-hydrogen) atoms. The van der Waals surface area contributed by atoms with Crippen LogP contribution in [-0.2, 0) is 11.2 Å². The molecule has 2 aromatic carbocycles. The predicted octanol–water partition coefficient (Wildman–Crippen LogP) is 3.65. The van der Waals surface area contributed by atoms with Crippen molar-refractivity contribution in [2.24, 2.45) is 11.0 Å². The molecular formula is C20H20N2O. The summed E-state index contributed by atoms with van der Waals surface area (Å²) >= 11 is 0. The fourth-order valence-corrected chi connectivity index (χ4v) is 3.48. The summed E-state index contributed by atoms with van der Waals surface area (Å²) in [4.78, 5) is 12.3. The van der Waals surface area contributed by atoms with Crippen molar-refractivity contribution in [3.63, 3.8) is 0 Å². The molecule has 2 atom stereocenters. The quantitative estimate of drug-likeness (QED) is 0.864. The third kappa shape index (κ3) is 2.91. The van der Waals surface area contributed by atoms with E-state index >= 15 is 0 Å². The molecule has 1 amide bonds. The van der Waals surface area contributed by atoms with E-state index in [1.165, 1.54) is 16.7 Å². The second-order valence-corrected chi connectivity index (χ2v) is 6.40. The summed E-state index contributed by atoms with van der Waals surface area (Å²) in [7, 11) is 0. The second kappa shape index (κ2) is 5.99. The van der Waals surface area contributed by atoms with Gasteiger partial charge in [0.05, 0.1) is 5.71 Å². The first kappa shape index (κ1) is 14.2. The summed E-state index contributed by atoms with van der Waals surface area (Å²) in [6, 6.07) is 18.6. The molecule has 0 bridgehead atoms. The number of aryl methyl sites for hydroxylation is 1. The van der Waals surface area contributed by atoms with Crippen LogP contribution >= 0.6 is 0 Å². The van der Waals surface area contributed by atoms with Crippen molar-refractivity contribution in [3.05, 3.63) is 71.3 Å². The van der Waals surface area contributed by atoms with Gasteiger partial charge in [0.25, 0.3) is 0 Å². The van der Waals surface area contributed by atoms with Crippen LogP contribution in [0.25, 0.3) is 0 Å². The standard InChI is InChI=1S/C20H20N2O/c23-20(18-13-17(18)15-7-2-1-3-8-15)22-21-19-12-6-10-14-9-4-5-11-16(14)19/h1-5,7-9,11,17-18H,6,10,12-13H2,(H,22,23)/b21-19+/t17-,18+/m1/s1. The lowest BCUT2D eigenvalue weighted by Crippen LogP contribution is -2.23. The average molecular weight is 304 g/mol. The zero-order chi connectivity index (χ0) is 15.6. The molecule has 4 rings (SSSR count). The van der Waals surface area contributed by atoms with Crippen molar-refractivity contribution >= 4 is 11.6 Å². The molecule has 0 spiro atoms. The number of fused-ring (bicyclic) bond motifs is 1. The highest BCUT2D eigenvalue weighted by Crippen LogP contribution is 2.47. The van der Waals surface area contributed by atoms with E-state index in [0.29, 0.717) is 5.92 Å². The molecule has 0 heterocycles. The van der Waals surface area contributed by atoms with E-state index in [2.05, 4.69) is 40.9 Å². The first-order valence-electron chi connectivity index (χ1n) is 8.32. The van der Waals surface area contributed by atoms with Gasteiger partial charge in [0, 0.05) is 11.5 Å². The maximum Gasteiger partial charge on any atom is 0.243 e. The Morgan fingerprint density at radius 2 is 1.78 bits per heavy atom. The monoisotopic (exact) mass is 304 g/mol. The molecule has 1 fully saturated rings. The number of nitrogens with one attached hydrogen (secondary N) is 1. The summed E-state index contributed by atoms with van der Waals surface area (Å²) < 4.78 is 0. The topological polar surface area (TPSA) is 41.5 Å². The highest BCUT2D eigenvalue weighted by Gasteiger charge is 2.43. The number of carbonyl (C=O) groups is 1. The molecular weight excluding hydrogens is 284 g/mol. The minimum Gasteiger partial charge on any atom is -0.273 e. The van der Waals surface area contributed by atoms with Crippen LogP contribution in [0.1, 0.15) is 41.9 Å². The lowest BCUT2D eigenvalue weighted by Gasteiger charge is -2.17. The molecule has 0 aromatic heterocycles. The van der Waals surface area contributed by atoms with Crippen LogP contribution in [0.2, 0.25) is 0 Å². The third-order valence-electron chi connectivity index (χ3n) is 4.84. The lowest BCUT2D eigenvalue weighted by atomic mass is 9.90. The minimum atomic E-state index is 0.0504. The van der Waals surface area contributed by atoms with Crippen molar-refractivity contribution in [2.75, 3.05) is 0 Å². The van der Waals surface area contributed by atoms with Crippen LogP contribution in [0.15, 0.2) is 59.7 Å². The highest BCUT2D eigenvalue weighted by atomic mass is 16.2. The van der Waals surface area contributed by atoms with Gasteiger partial charge in [-0.15, -0.1) is 0 Å². The van der Waals surface area contributed by atoms with Crippen LogP contribution in [0.5, 0.6) is 0 Å². The Balaban J connectivity index is 1.43. The fraction of sp³-hybridized carbons (Fsp3) is 0.300. The lowest BCUT2D eigenvalue weighted by molar-refractivity contribution is -0.122. The molecule has 1 saturated carbocycles. The number of benzene rings is 2. The maximum atomic E-state index is 12.3. The third-order valence-corrected chi connectivity index (χ3v) is 4.84. The molecule has 2 aliphatic carbocycles. The van der Waals surface area contributed by atoms with Crippen molar-refractivity contribution in [1.82, 2.24) is 5.43 Å². The fourth-order valence-electron chi connectivity index (χ4n) is 3.48. The first-order valence-corrected chi connectivity index (χ1v) is 8.32. The molecule has 0 radical (unpaired) electrons. The Hall–Kier alpha value is -2.42. The van der Waals surface area contributed by atoms with E-state index in [4.69, 9.17) is 0 Å². The van der Waals surface area contributed by atoms with Gasteiger partial charge >= 0.3 is 0 Å². The molecule has 0 aliphatic heterocycles. The zero-order valence-corrected chi connectivity index (χ0v) is 13.0. The van der Waals surface area contributed by atoms with Gasteiger partial charge in [0.1, 0.15) is 0 Å². The summed E-state index contributed by atoms with van der Waals surface area (Å²) in [6.45, 7) is 0. The molecule has 3 heteroatoms. The maximum absolute atomic E-state index is 12.3. The molecule has 2 aliphatic rings. The molecule has 0 saturated heterocycles. The van der Waals surface area contributed by atoms with Gasteiger partial charge < -0.3 is 0 Å². The first-order chi connectivity index (χ1) is 11.3. The summed E-state index contributed by atoms with van der Waals surface area (Å²) in [5.74, 6) is 0.477.